The summed E-state index contributed by atoms with van der Waals surface area (Å²) in [5, 5.41) is 21.0. The van der Waals surface area contributed by atoms with Gasteiger partial charge in [0, 0.05) is 12.6 Å². The number of aliphatic carboxylic acids is 1. The third-order valence-electron chi connectivity index (χ3n) is 3.65. The van der Waals surface area contributed by atoms with Crippen LogP contribution >= 0.6 is 0 Å². The first-order valence-electron chi connectivity index (χ1n) is 7.81. The van der Waals surface area contributed by atoms with Gasteiger partial charge in [0.15, 0.2) is 0 Å². The molecule has 0 radical (unpaired) electrons. The highest BCUT2D eigenvalue weighted by atomic mass is 16.4. The third kappa shape index (κ3) is 5.52. The first-order chi connectivity index (χ1) is 11.4. The van der Waals surface area contributed by atoms with Crippen LogP contribution < -0.4 is 5.32 Å². The molecule has 2 aromatic rings. The van der Waals surface area contributed by atoms with Gasteiger partial charge in [-0.05, 0) is 41.7 Å². The molecule has 0 heterocycles. The minimum atomic E-state index is -0.989. The molecule has 1 amide bonds. The van der Waals surface area contributed by atoms with Crippen LogP contribution in [0.15, 0.2) is 48.5 Å². The van der Waals surface area contributed by atoms with Crippen molar-refractivity contribution in [1.82, 2.24) is 0 Å². The number of carboxylic acids is 1. The summed E-state index contributed by atoms with van der Waals surface area (Å²) in [4.78, 5) is 21.7. The summed E-state index contributed by atoms with van der Waals surface area (Å²) in [6, 6.07) is 15.5. The van der Waals surface area contributed by atoms with E-state index in [2.05, 4.69) is 5.32 Å². The molecule has 0 aromatic heterocycles. The van der Waals surface area contributed by atoms with Crippen molar-refractivity contribution in [3.63, 3.8) is 0 Å². The minimum Gasteiger partial charge on any atom is -0.481 e. The molecule has 1 unspecified atom stereocenters. The number of carbonyl (C=O) groups excluding carboxylic acids is 1. The number of benzene rings is 2. The van der Waals surface area contributed by atoms with Crippen molar-refractivity contribution in [2.45, 2.75) is 32.3 Å². The minimum absolute atomic E-state index is 0.109. The maximum Gasteiger partial charge on any atom is 0.305 e. The van der Waals surface area contributed by atoms with Crippen LogP contribution in [0.2, 0.25) is 0 Å². The Kier molecular flexibility index (Phi) is 6.09. The average Bonchev–Trinajstić information content (AvgIpc) is 2.52. The largest absolute Gasteiger partial charge is 0.481 e. The number of hydrogen-bond acceptors (Lipinski definition) is 3. The molecule has 126 valence electrons. The second kappa shape index (κ2) is 8.26. The standard InChI is InChI=1S/C19H21NO4/c1-13(21)20-17-4-2-3-16(11-17)15-8-5-14(6-9-15)7-10-18(22)12-19(23)24/h2-6,8-9,11,18,22H,7,10,12H2,1H3,(H,20,21)(H,23,24). The molecule has 0 spiro atoms. The maximum absolute atomic E-state index is 11.1. The molecule has 0 aliphatic heterocycles. The van der Waals surface area contributed by atoms with Gasteiger partial charge in [0.1, 0.15) is 0 Å². The molecule has 5 heteroatoms. The van der Waals surface area contributed by atoms with Gasteiger partial charge in [-0.15, -0.1) is 0 Å². The predicted octanol–water partition coefficient (Wildman–Crippen LogP) is 3.08. The zero-order valence-electron chi connectivity index (χ0n) is 13.5. The van der Waals surface area contributed by atoms with E-state index < -0.39 is 12.1 Å². The fraction of sp³-hybridized carbons (Fsp3) is 0.263. The second-order valence-electron chi connectivity index (χ2n) is 5.75. The van der Waals surface area contributed by atoms with Crippen LogP contribution in [0.1, 0.15) is 25.3 Å². The van der Waals surface area contributed by atoms with E-state index >= 15 is 0 Å². The smallest absolute Gasteiger partial charge is 0.305 e. The fourth-order valence-electron chi connectivity index (χ4n) is 2.48. The van der Waals surface area contributed by atoms with Gasteiger partial charge < -0.3 is 15.5 Å². The summed E-state index contributed by atoms with van der Waals surface area (Å²) in [7, 11) is 0. The van der Waals surface area contributed by atoms with Crippen LogP contribution in [-0.4, -0.2) is 28.2 Å². The Hall–Kier alpha value is -2.66. The second-order valence-corrected chi connectivity index (χ2v) is 5.75. The number of carboxylic acid groups (broad SMARTS) is 1. The van der Waals surface area contributed by atoms with Crippen molar-refractivity contribution in [2.75, 3.05) is 5.32 Å². The number of amides is 1. The molecule has 0 bridgehead atoms. The van der Waals surface area contributed by atoms with Crippen LogP contribution in [0.5, 0.6) is 0 Å². The lowest BCUT2D eigenvalue weighted by atomic mass is 10.00. The van der Waals surface area contributed by atoms with E-state index in [1.807, 2.05) is 48.5 Å². The van der Waals surface area contributed by atoms with Gasteiger partial charge in [0.05, 0.1) is 12.5 Å². The first kappa shape index (κ1) is 17.7. The van der Waals surface area contributed by atoms with E-state index in [1.54, 1.807) is 0 Å². The summed E-state index contributed by atoms with van der Waals surface area (Å²) < 4.78 is 0. The van der Waals surface area contributed by atoms with Crippen molar-refractivity contribution in [2.24, 2.45) is 0 Å². The molecule has 0 aliphatic carbocycles. The van der Waals surface area contributed by atoms with Gasteiger partial charge in [0.25, 0.3) is 0 Å². The summed E-state index contributed by atoms with van der Waals surface area (Å²) in [6.07, 6.45) is -0.00487. The molecular weight excluding hydrogens is 306 g/mol. The summed E-state index contributed by atoms with van der Waals surface area (Å²) in [5.74, 6) is -1.10. The Morgan fingerprint density at radius 3 is 2.42 bits per heavy atom. The Morgan fingerprint density at radius 1 is 1.08 bits per heavy atom. The van der Waals surface area contributed by atoms with E-state index in [4.69, 9.17) is 5.11 Å². The molecular formula is C19H21NO4. The normalized spacial score (nSPS) is 11.8. The molecule has 0 aliphatic rings. The number of rotatable bonds is 7. The Bertz CT molecular complexity index is 710. The lowest BCUT2D eigenvalue weighted by molar-refractivity contribution is -0.139. The van der Waals surface area contributed by atoms with E-state index in [0.717, 1.165) is 22.4 Å². The number of nitrogens with one attached hydrogen (secondary N) is 1. The van der Waals surface area contributed by atoms with Crippen LogP contribution in [0.4, 0.5) is 5.69 Å². The topological polar surface area (TPSA) is 86.6 Å². The van der Waals surface area contributed by atoms with Gasteiger partial charge in [-0.3, -0.25) is 9.59 Å². The third-order valence-corrected chi connectivity index (χ3v) is 3.65. The van der Waals surface area contributed by atoms with Crippen molar-refractivity contribution in [3.05, 3.63) is 54.1 Å². The zero-order chi connectivity index (χ0) is 17.5. The van der Waals surface area contributed by atoms with E-state index in [0.29, 0.717) is 12.8 Å². The summed E-state index contributed by atoms with van der Waals surface area (Å²) in [6.45, 7) is 1.47. The van der Waals surface area contributed by atoms with Gasteiger partial charge in [-0.1, -0.05) is 36.4 Å². The Balaban J connectivity index is 2.01. The number of aliphatic hydroxyl groups excluding tert-OH is 1. The van der Waals surface area contributed by atoms with Gasteiger partial charge >= 0.3 is 5.97 Å². The van der Waals surface area contributed by atoms with Crippen molar-refractivity contribution in [3.8, 4) is 11.1 Å². The quantitative estimate of drug-likeness (QED) is 0.729. The molecule has 2 rings (SSSR count). The van der Waals surface area contributed by atoms with Crippen LogP contribution in [0, 0.1) is 0 Å². The number of hydrogen-bond donors (Lipinski definition) is 3. The molecule has 2 aromatic carbocycles. The van der Waals surface area contributed by atoms with Crippen LogP contribution in [0.25, 0.3) is 11.1 Å². The lowest BCUT2D eigenvalue weighted by Crippen LogP contribution is -2.13. The van der Waals surface area contributed by atoms with Gasteiger partial charge in [-0.2, -0.15) is 0 Å². The van der Waals surface area contributed by atoms with Crippen LogP contribution in [-0.2, 0) is 16.0 Å². The molecule has 0 fully saturated rings. The highest BCUT2D eigenvalue weighted by Crippen LogP contribution is 2.23. The fourth-order valence-corrected chi connectivity index (χ4v) is 2.48. The van der Waals surface area contributed by atoms with E-state index in [-0.39, 0.29) is 12.3 Å². The monoisotopic (exact) mass is 327 g/mol. The number of carbonyl (C=O) groups is 2. The summed E-state index contributed by atoms with van der Waals surface area (Å²) in [5.41, 5.74) is 3.82. The summed E-state index contributed by atoms with van der Waals surface area (Å²) >= 11 is 0. The van der Waals surface area contributed by atoms with Crippen molar-refractivity contribution >= 4 is 17.6 Å². The molecule has 1 atom stereocenters. The number of aliphatic hydroxyl groups is 1. The lowest BCUT2D eigenvalue weighted by Gasteiger charge is -2.09. The van der Waals surface area contributed by atoms with Gasteiger partial charge in [-0.25, -0.2) is 0 Å². The first-order valence-corrected chi connectivity index (χ1v) is 7.81. The number of anilines is 1. The SMILES string of the molecule is CC(=O)Nc1cccc(-c2ccc(CCC(O)CC(=O)O)cc2)c1. The molecule has 24 heavy (non-hydrogen) atoms. The Labute approximate surface area is 141 Å². The molecule has 0 saturated heterocycles. The maximum atomic E-state index is 11.1. The van der Waals surface area contributed by atoms with Gasteiger partial charge in [0.2, 0.25) is 5.91 Å². The van der Waals surface area contributed by atoms with E-state index in [1.165, 1.54) is 6.92 Å². The van der Waals surface area contributed by atoms with E-state index in [9.17, 15) is 14.7 Å². The predicted molar refractivity (Wildman–Crippen MR) is 92.8 cm³/mol. The number of aryl methyl sites for hydroxylation is 1. The average molecular weight is 327 g/mol. The van der Waals surface area contributed by atoms with Crippen molar-refractivity contribution in [1.29, 1.82) is 0 Å². The Morgan fingerprint density at radius 2 is 1.79 bits per heavy atom. The zero-order valence-corrected chi connectivity index (χ0v) is 13.5. The molecule has 0 saturated carbocycles. The van der Waals surface area contributed by atoms with Crippen molar-refractivity contribution < 1.29 is 19.8 Å². The molecule has 5 nitrogen and oxygen atoms in total. The highest BCUT2D eigenvalue weighted by molar-refractivity contribution is 5.89. The van der Waals surface area contributed by atoms with Crippen LogP contribution in [0.3, 0.4) is 0 Å². The highest BCUT2D eigenvalue weighted by Gasteiger charge is 2.09. The molecule has 3 N–H and O–H groups in total.